The lowest BCUT2D eigenvalue weighted by molar-refractivity contribution is -0.153. The van der Waals surface area contributed by atoms with Gasteiger partial charge >= 0.3 is 5.97 Å². The predicted molar refractivity (Wildman–Crippen MR) is 102 cm³/mol. The van der Waals surface area contributed by atoms with Crippen LogP contribution in [0.25, 0.3) is 0 Å². The lowest BCUT2D eigenvalue weighted by atomic mass is 9.88. The van der Waals surface area contributed by atoms with Crippen LogP contribution in [0.3, 0.4) is 0 Å². The van der Waals surface area contributed by atoms with Crippen molar-refractivity contribution in [2.45, 2.75) is 39.7 Å². The average molecular weight is 356 g/mol. The third kappa shape index (κ3) is 5.33. The van der Waals surface area contributed by atoms with E-state index in [-0.39, 0.29) is 5.97 Å². The minimum absolute atomic E-state index is 0.204. The first-order valence-corrected chi connectivity index (χ1v) is 8.90. The van der Waals surface area contributed by atoms with Gasteiger partial charge in [0.05, 0.1) is 18.6 Å². The topological polar surface area (TPSA) is 55.8 Å². The van der Waals surface area contributed by atoms with Crippen molar-refractivity contribution in [3.8, 4) is 5.75 Å². The molecular formula is C22H28O4. The molecule has 0 spiro atoms. The molecule has 0 saturated heterocycles. The van der Waals surface area contributed by atoms with Gasteiger partial charge in [0.25, 0.3) is 0 Å². The maximum absolute atomic E-state index is 11.7. The number of hydrogen-bond acceptors (Lipinski definition) is 4. The Labute approximate surface area is 155 Å². The van der Waals surface area contributed by atoms with Gasteiger partial charge in [-0.05, 0) is 51.0 Å². The maximum Gasteiger partial charge on any atom is 0.311 e. The van der Waals surface area contributed by atoms with E-state index in [1.54, 1.807) is 6.92 Å². The van der Waals surface area contributed by atoms with E-state index in [1.807, 2.05) is 75.4 Å². The van der Waals surface area contributed by atoms with Crippen LogP contribution in [-0.2, 0) is 15.1 Å². The molecule has 0 aliphatic carbocycles. The van der Waals surface area contributed by atoms with E-state index in [4.69, 9.17) is 9.47 Å². The Morgan fingerprint density at radius 2 is 1.46 bits per heavy atom. The largest absolute Gasteiger partial charge is 0.493 e. The molecule has 0 radical (unpaired) electrons. The SMILES string of the molecule is CC(C)(C)C(=O)OCCCOc1ccc(C(C)(O)c2ccccc2)cc1. The van der Waals surface area contributed by atoms with Gasteiger partial charge in [0, 0.05) is 6.42 Å². The molecule has 0 saturated carbocycles. The van der Waals surface area contributed by atoms with Crippen LogP contribution in [-0.4, -0.2) is 24.3 Å². The molecule has 2 aromatic carbocycles. The van der Waals surface area contributed by atoms with Crippen molar-refractivity contribution < 1.29 is 19.4 Å². The molecule has 2 rings (SSSR count). The number of carbonyl (C=O) groups excluding carboxylic acids is 1. The summed E-state index contributed by atoms with van der Waals surface area (Å²) in [6, 6.07) is 17.0. The van der Waals surface area contributed by atoms with Crippen molar-refractivity contribution >= 4 is 5.97 Å². The third-order valence-electron chi connectivity index (χ3n) is 4.16. The summed E-state index contributed by atoms with van der Waals surface area (Å²) < 4.78 is 10.9. The first-order valence-electron chi connectivity index (χ1n) is 8.90. The normalized spacial score (nSPS) is 13.7. The summed E-state index contributed by atoms with van der Waals surface area (Å²) in [5.41, 5.74) is 0.109. The Morgan fingerprint density at radius 1 is 0.885 bits per heavy atom. The highest BCUT2D eigenvalue weighted by Crippen LogP contribution is 2.30. The molecule has 4 nitrogen and oxygen atoms in total. The fraction of sp³-hybridized carbons (Fsp3) is 0.409. The molecule has 0 amide bonds. The van der Waals surface area contributed by atoms with Crippen LogP contribution in [0, 0.1) is 5.41 Å². The van der Waals surface area contributed by atoms with Gasteiger partial charge in [-0.15, -0.1) is 0 Å². The van der Waals surface area contributed by atoms with E-state index in [9.17, 15) is 9.90 Å². The van der Waals surface area contributed by atoms with E-state index in [2.05, 4.69) is 0 Å². The Morgan fingerprint density at radius 3 is 2.04 bits per heavy atom. The van der Waals surface area contributed by atoms with Gasteiger partial charge in [-0.25, -0.2) is 0 Å². The van der Waals surface area contributed by atoms with Gasteiger partial charge in [0.15, 0.2) is 0 Å². The summed E-state index contributed by atoms with van der Waals surface area (Å²) >= 11 is 0. The van der Waals surface area contributed by atoms with Crippen LogP contribution in [0.5, 0.6) is 5.75 Å². The number of hydrogen-bond donors (Lipinski definition) is 1. The van der Waals surface area contributed by atoms with Gasteiger partial charge in [0.2, 0.25) is 0 Å². The highest BCUT2D eigenvalue weighted by Gasteiger charge is 2.25. The van der Waals surface area contributed by atoms with E-state index in [1.165, 1.54) is 0 Å². The van der Waals surface area contributed by atoms with Crippen molar-refractivity contribution in [3.05, 3.63) is 65.7 Å². The summed E-state index contributed by atoms with van der Waals surface area (Å²) in [4.78, 5) is 11.7. The summed E-state index contributed by atoms with van der Waals surface area (Å²) in [5, 5.41) is 10.8. The zero-order valence-electron chi connectivity index (χ0n) is 16.0. The molecule has 26 heavy (non-hydrogen) atoms. The van der Waals surface area contributed by atoms with Gasteiger partial charge in [-0.2, -0.15) is 0 Å². The molecule has 1 N–H and O–H groups in total. The Hall–Kier alpha value is -2.33. The second kappa shape index (κ2) is 8.37. The van der Waals surface area contributed by atoms with Crippen LogP contribution >= 0.6 is 0 Å². The number of esters is 1. The minimum atomic E-state index is -1.05. The maximum atomic E-state index is 11.7. The molecule has 0 heterocycles. The molecule has 2 aromatic rings. The summed E-state index contributed by atoms with van der Waals surface area (Å²) in [5.74, 6) is 0.518. The van der Waals surface area contributed by atoms with E-state index in [0.29, 0.717) is 19.6 Å². The number of rotatable bonds is 7. The van der Waals surface area contributed by atoms with E-state index in [0.717, 1.165) is 16.9 Å². The third-order valence-corrected chi connectivity index (χ3v) is 4.16. The smallest absolute Gasteiger partial charge is 0.311 e. The minimum Gasteiger partial charge on any atom is -0.493 e. The molecule has 0 bridgehead atoms. The lowest BCUT2D eigenvalue weighted by Crippen LogP contribution is -2.23. The molecule has 0 aliphatic heterocycles. The number of aliphatic hydroxyl groups is 1. The van der Waals surface area contributed by atoms with Gasteiger partial charge < -0.3 is 14.6 Å². The summed E-state index contributed by atoms with van der Waals surface area (Å²) in [6.07, 6.45) is 0.630. The molecule has 4 heteroatoms. The van der Waals surface area contributed by atoms with Crippen molar-refractivity contribution in [2.24, 2.45) is 5.41 Å². The highest BCUT2D eigenvalue weighted by molar-refractivity contribution is 5.75. The fourth-order valence-electron chi connectivity index (χ4n) is 2.44. The standard InChI is InChI=1S/C22H28O4/c1-21(2,3)20(23)26-16-8-15-25-19-13-11-18(12-14-19)22(4,24)17-9-6-5-7-10-17/h5-7,9-14,24H,8,15-16H2,1-4H3. The van der Waals surface area contributed by atoms with E-state index < -0.39 is 11.0 Å². The van der Waals surface area contributed by atoms with E-state index >= 15 is 0 Å². The predicted octanol–water partition coefficient (Wildman–Crippen LogP) is 4.30. The molecule has 0 aromatic heterocycles. The Balaban J connectivity index is 1.84. The number of ether oxygens (including phenoxy) is 2. The zero-order chi connectivity index (χ0) is 19.2. The molecule has 0 aliphatic rings. The van der Waals surface area contributed by atoms with Crippen LogP contribution in [0.15, 0.2) is 54.6 Å². The highest BCUT2D eigenvalue weighted by atomic mass is 16.5. The fourth-order valence-corrected chi connectivity index (χ4v) is 2.44. The quantitative estimate of drug-likeness (QED) is 0.594. The number of carbonyl (C=O) groups is 1. The Bertz CT molecular complexity index is 697. The lowest BCUT2D eigenvalue weighted by Gasteiger charge is -2.24. The van der Waals surface area contributed by atoms with Gasteiger partial charge in [0.1, 0.15) is 11.4 Å². The van der Waals surface area contributed by atoms with Crippen LogP contribution in [0.2, 0.25) is 0 Å². The molecule has 140 valence electrons. The molecule has 0 fully saturated rings. The van der Waals surface area contributed by atoms with Crippen LogP contribution in [0.1, 0.15) is 45.2 Å². The average Bonchev–Trinajstić information content (AvgIpc) is 2.61. The first-order chi connectivity index (χ1) is 12.2. The molecule has 1 unspecified atom stereocenters. The van der Waals surface area contributed by atoms with Crippen molar-refractivity contribution in [2.75, 3.05) is 13.2 Å². The monoisotopic (exact) mass is 356 g/mol. The van der Waals surface area contributed by atoms with Crippen molar-refractivity contribution in [1.29, 1.82) is 0 Å². The Kier molecular flexibility index (Phi) is 6.43. The summed E-state index contributed by atoms with van der Waals surface area (Å²) in [6.45, 7) is 8.08. The molecular weight excluding hydrogens is 328 g/mol. The summed E-state index contributed by atoms with van der Waals surface area (Å²) in [7, 11) is 0. The van der Waals surface area contributed by atoms with Gasteiger partial charge in [-0.1, -0.05) is 42.5 Å². The second-order valence-electron chi connectivity index (χ2n) is 7.55. The van der Waals surface area contributed by atoms with Crippen molar-refractivity contribution in [3.63, 3.8) is 0 Å². The van der Waals surface area contributed by atoms with Crippen LogP contribution < -0.4 is 4.74 Å². The first kappa shape index (κ1) is 20.0. The zero-order valence-corrected chi connectivity index (χ0v) is 16.0. The second-order valence-corrected chi connectivity index (χ2v) is 7.55. The van der Waals surface area contributed by atoms with Crippen molar-refractivity contribution in [1.82, 2.24) is 0 Å². The number of benzene rings is 2. The van der Waals surface area contributed by atoms with Crippen LogP contribution in [0.4, 0.5) is 0 Å². The van der Waals surface area contributed by atoms with Gasteiger partial charge in [-0.3, -0.25) is 4.79 Å². The molecule has 1 atom stereocenters.